The molecule has 0 aromatic rings. The minimum absolute atomic E-state index is 0.151. The largest absolute Gasteiger partial charge is 0.381 e. The summed E-state index contributed by atoms with van der Waals surface area (Å²) in [6.45, 7) is 6.25. The number of hydrogen-bond donors (Lipinski definition) is 2. The Morgan fingerprint density at radius 1 is 1.26 bits per heavy atom. The van der Waals surface area contributed by atoms with Crippen molar-refractivity contribution in [2.24, 2.45) is 16.6 Å². The summed E-state index contributed by atoms with van der Waals surface area (Å²) < 4.78 is 5.37. The highest BCUT2D eigenvalue weighted by Crippen LogP contribution is 2.37. The van der Waals surface area contributed by atoms with E-state index in [1.165, 1.54) is 19.3 Å². The topological polar surface area (TPSA) is 64.4 Å². The molecule has 1 aliphatic heterocycles. The molecule has 1 saturated heterocycles. The third-order valence-corrected chi connectivity index (χ3v) is 5.13. The summed E-state index contributed by atoms with van der Waals surface area (Å²) in [5.74, 6) is 0.151. The van der Waals surface area contributed by atoms with E-state index in [0.717, 1.165) is 19.3 Å². The molecule has 1 amide bonds. The van der Waals surface area contributed by atoms with Crippen LogP contribution >= 0.6 is 0 Å². The summed E-state index contributed by atoms with van der Waals surface area (Å²) in [5.41, 5.74) is 5.70. The Kier molecular flexibility index (Phi) is 4.51. The van der Waals surface area contributed by atoms with Gasteiger partial charge in [-0.1, -0.05) is 26.7 Å². The van der Waals surface area contributed by atoms with Gasteiger partial charge in [0, 0.05) is 25.8 Å². The van der Waals surface area contributed by atoms with E-state index in [4.69, 9.17) is 10.5 Å². The molecule has 0 radical (unpaired) electrons. The molecule has 4 heteroatoms. The zero-order valence-corrected chi connectivity index (χ0v) is 12.3. The number of amides is 1. The maximum absolute atomic E-state index is 12.7. The van der Waals surface area contributed by atoms with Crippen LogP contribution in [-0.4, -0.2) is 31.7 Å². The summed E-state index contributed by atoms with van der Waals surface area (Å²) in [6, 6.07) is 0.292. The summed E-state index contributed by atoms with van der Waals surface area (Å²) in [7, 11) is 0. The second-order valence-electron chi connectivity index (χ2n) is 6.86. The van der Waals surface area contributed by atoms with Crippen LogP contribution in [-0.2, 0) is 9.53 Å². The van der Waals surface area contributed by atoms with Crippen molar-refractivity contribution < 1.29 is 9.53 Å². The van der Waals surface area contributed by atoms with Gasteiger partial charge in [0.2, 0.25) is 5.91 Å². The molecule has 0 spiro atoms. The van der Waals surface area contributed by atoms with E-state index in [1.807, 2.05) is 0 Å². The zero-order chi connectivity index (χ0) is 13.9. The van der Waals surface area contributed by atoms with Crippen LogP contribution in [0.1, 0.15) is 52.4 Å². The van der Waals surface area contributed by atoms with Gasteiger partial charge in [0.1, 0.15) is 0 Å². The van der Waals surface area contributed by atoms with Crippen LogP contribution < -0.4 is 11.1 Å². The third kappa shape index (κ3) is 3.11. The van der Waals surface area contributed by atoms with Crippen LogP contribution in [0.3, 0.4) is 0 Å². The van der Waals surface area contributed by atoms with Gasteiger partial charge in [0.25, 0.3) is 0 Å². The van der Waals surface area contributed by atoms with Crippen molar-refractivity contribution in [1.82, 2.24) is 5.32 Å². The molecular weight excluding hydrogens is 240 g/mol. The van der Waals surface area contributed by atoms with Gasteiger partial charge in [0.15, 0.2) is 0 Å². The second-order valence-corrected chi connectivity index (χ2v) is 6.86. The van der Waals surface area contributed by atoms with E-state index in [1.54, 1.807) is 0 Å². The standard InChI is InChI=1S/C15H28N2O2/c1-14(2)6-4-3-5-12(14)17-13(18)15(11-16)7-9-19-10-8-15/h12H,3-11,16H2,1-2H3,(H,17,18). The molecule has 1 atom stereocenters. The maximum atomic E-state index is 12.7. The van der Waals surface area contributed by atoms with Crippen LogP contribution in [0, 0.1) is 10.8 Å². The zero-order valence-electron chi connectivity index (χ0n) is 12.3. The highest BCUT2D eigenvalue weighted by atomic mass is 16.5. The van der Waals surface area contributed by atoms with Crippen LogP contribution in [0.2, 0.25) is 0 Å². The van der Waals surface area contributed by atoms with Gasteiger partial charge in [-0.2, -0.15) is 0 Å². The first-order valence-electron chi connectivity index (χ1n) is 7.59. The number of nitrogens with one attached hydrogen (secondary N) is 1. The predicted octanol–water partition coefficient (Wildman–Crippen LogP) is 1.83. The molecule has 1 unspecified atom stereocenters. The smallest absolute Gasteiger partial charge is 0.227 e. The fourth-order valence-electron chi connectivity index (χ4n) is 3.36. The van der Waals surface area contributed by atoms with Gasteiger partial charge in [0.05, 0.1) is 5.41 Å². The molecular formula is C15H28N2O2. The monoisotopic (exact) mass is 268 g/mol. The second kappa shape index (κ2) is 5.80. The molecule has 19 heavy (non-hydrogen) atoms. The van der Waals surface area contributed by atoms with Crippen LogP contribution in [0.15, 0.2) is 0 Å². The van der Waals surface area contributed by atoms with Gasteiger partial charge in [-0.3, -0.25) is 4.79 Å². The number of ether oxygens (including phenoxy) is 1. The molecule has 3 N–H and O–H groups in total. The van der Waals surface area contributed by atoms with Gasteiger partial charge in [-0.25, -0.2) is 0 Å². The molecule has 2 fully saturated rings. The van der Waals surface area contributed by atoms with Crippen molar-refractivity contribution in [3.63, 3.8) is 0 Å². The number of carbonyl (C=O) groups is 1. The summed E-state index contributed by atoms with van der Waals surface area (Å²) in [5, 5.41) is 3.30. The normalized spacial score (nSPS) is 29.7. The van der Waals surface area contributed by atoms with Crippen molar-refractivity contribution in [3.05, 3.63) is 0 Å². The molecule has 1 heterocycles. The van der Waals surface area contributed by atoms with E-state index in [0.29, 0.717) is 25.8 Å². The van der Waals surface area contributed by atoms with Crippen molar-refractivity contribution in [2.75, 3.05) is 19.8 Å². The molecule has 4 nitrogen and oxygen atoms in total. The van der Waals surface area contributed by atoms with Gasteiger partial charge in [-0.05, 0) is 31.1 Å². The van der Waals surface area contributed by atoms with Crippen LogP contribution in [0.4, 0.5) is 0 Å². The molecule has 2 rings (SSSR count). The first kappa shape index (κ1) is 14.8. The van der Waals surface area contributed by atoms with Crippen LogP contribution in [0.25, 0.3) is 0 Å². The molecule has 0 bridgehead atoms. The minimum Gasteiger partial charge on any atom is -0.381 e. The first-order valence-corrected chi connectivity index (χ1v) is 7.59. The lowest BCUT2D eigenvalue weighted by Gasteiger charge is -2.42. The van der Waals surface area contributed by atoms with Crippen molar-refractivity contribution >= 4 is 5.91 Å². The van der Waals surface area contributed by atoms with Gasteiger partial charge < -0.3 is 15.8 Å². The lowest BCUT2D eigenvalue weighted by atomic mass is 9.72. The quantitative estimate of drug-likeness (QED) is 0.820. The lowest BCUT2D eigenvalue weighted by Crippen LogP contribution is -2.55. The number of hydrogen-bond acceptors (Lipinski definition) is 3. The van der Waals surface area contributed by atoms with Crippen molar-refractivity contribution in [1.29, 1.82) is 0 Å². The number of rotatable bonds is 3. The summed E-state index contributed by atoms with van der Waals surface area (Å²) in [6.07, 6.45) is 6.28. The lowest BCUT2D eigenvalue weighted by molar-refractivity contribution is -0.138. The van der Waals surface area contributed by atoms with Crippen molar-refractivity contribution in [3.8, 4) is 0 Å². The Morgan fingerprint density at radius 2 is 1.95 bits per heavy atom. The first-order chi connectivity index (χ1) is 9.00. The Bertz CT molecular complexity index is 322. The Balaban J connectivity index is 2.02. The van der Waals surface area contributed by atoms with Crippen LogP contribution in [0.5, 0.6) is 0 Å². The fourth-order valence-corrected chi connectivity index (χ4v) is 3.36. The average Bonchev–Trinajstić information content (AvgIpc) is 2.41. The fraction of sp³-hybridized carbons (Fsp3) is 0.933. The van der Waals surface area contributed by atoms with E-state index in [2.05, 4.69) is 19.2 Å². The van der Waals surface area contributed by atoms with Gasteiger partial charge in [-0.15, -0.1) is 0 Å². The molecule has 1 saturated carbocycles. The van der Waals surface area contributed by atoms with E-state index >= 15 is 0 Å². The minimum atomic E-state index is -0.397. The SMILES string of the molecule is CC1(C)CCCCC1NC(=O)C1(CN)CCOCC1. The third-order valence-electron chi connectivity index (χ3n) is 5.13. The summed E-state index contributed by atoms with van der Waals surface area (Å²) >= 11 is 0. The Hall–Kier alpha value is -0.610. The average molecular weight is 268 g/mol. The van der Waals surface area contributed by atoms with E-state index < -0.39 is 5.41 Å². The Labute approximate surface area is 116 Å². The molecule has 0 aromatic heterocycles. The predicted molar refractivity (Wildman–Crippen MR) is 75.7 cm³/mol. The van der Waals surface area contributed by atoms with Crippen molar-refractivity contribution in [2.45, 2.75) is 58.4 Å². The highest BCUT2D eigenvalue weighted by molar-refractivity contribution is 5.83. The number of carbonyl (C=O) groups excluding carboxylic acids is 1. The van der Waals surface area contributed by atoms with E-state index in [9.17, 15) is 4.79 Å². The summed E-state index contributed by atoms with van der Waals surface area (Å²) in [4.78, 5) is 12.7. The van der Waals surface area contributed by atoms with Gasteiger partial charge >= 0.3 is 0 Å². The van der Waals surface area contributed by atoms with E-state index in [-0.39, 0.29) is 11.3 Å². The Morgan fingerprint density at radius 3 is 2.53 bits per heavy atom. The highest BCUT2D eigenvalue weighted by Gasteiger charge is 2.42. The number of nitrogens with two attached hydrogens (primary N) is 1. The molecule has 110 valence electrons. The molecule has 0 aromatic carbocycles. The molecule has 2 aliphatic rings. The molecule has 1 aliphatic carbocycles. The maximum Gasteiger partial charge on any atom is 0.227 e.